The molecule has 7 rings (SSSR count). The molecular formula is C28H29FN6O. The minimum Gasteiger partial charge on any atom is -0.346 e. The number of halogens is 1. The quantitative estimate of drug-likeness (QED) is 0.429. The van der Waals surface area contributed by atoms with Crippen molar-refractivity contribution in [1.82, 2.24) is 30.0 Å². The molecular weight excluding hydrogens is 455 g/mol. The molecule has 1 atom stereocenters. The normalized spacial score (nSPS) is 22.2. The van der Waals surface area contributed by atoms with Crippen molar-refractivity contribution < 1.29 is 9.18 Å². The third kappa shape index (κ3) is 3.20. The first-order chi connectivity index (χ1) is 17.4. The summed E-state index contributed by atoms with van der Waals surface area (Å²) < 4.78 is 15.6. The van der Waals surface area contributed by atoms with E-state index in [0.29, 0.717) is 6.54 Å². The molecule has 0 radical (unpaired) electrons. The first-order valence-corrected chi connectivity index (χ1v) is 12.8. The van der Waals surface area contributed by atoms with E-state index >= 15 is 0 Å². The fourth-order valence-corrected chi connectivity index (χ4v) is 6.41. The predicted octanol–water partition coefficient (Wildman–Crippen LogP) is 5.01. The minimum absolute atomic E-state index is 0.0216. The van der Waals surface area contributed by atoms with Crippen LogP contribution in [0.4, 0.5) is 9.18 Å². The number of likely N-dealkylation sites (tertiary alicyclic amines) is 1. The van der Waals surface area contributed by atoms with Gasteiger partial charge in [0.2, 0.25) is 0 Å². The number of nitrogens with one attached hydrogen (secondary N) is 2. The van der Waals surface area contributed by atoms with E-state index in [-0.39, 0.29) is 22.8 Å². The van der Waals surface area contributed by atoms with Crippen molar-refractivity contribution in [1.29, 1.82) is 0 Å². The van der Waals surface area contributed by atoms with E-state index in [2.05, 4.69) is 39.0 Å². The fraction of sp³-hybridized carbons (Fsp3) is 0.393. The Kier molecular flexibility index (Phi) is 4.59. The van der Waals surface area contributed by atoms with E-state index in [4.69, 9.17) is 5.10 Å². The summed E-state index contributed by atoms with van der Waals surface area (Å²) in [6.45, 7) is 4.36. The Hall–Kier alpha value is -3.68. The van der Waals surface area contributed by atoms with Crippen LogP contribution in [0.5, 0.6) is 0 Å². The van der Waals surface area contributed by atoms with E-state index in [9.17, 15) is 9.18 Å². The molecule has 184 valence electrons. The lowest BCUT2D eigenvalue weighted by molar-refractivity contribution is 0.154. The summed E-state index contributed by atoms with van der Waals surface area (Å²) in [6.07, 6.45) is 8.62. The standard InChI is InChI=1S/C28H29FN6O/c1-18-15-30-25-22(18)13-19(16-31-25)23-14-24-27(10-12-35(24)33-23)9-11-34(17-27)26(36)32-28(7-2-8-28)20-3-5-21(29)6-4-20/h3-6,13-16H,2,7-12,17H2,1H3,(H,30,31)(H,32,36). The molecule has 36 heavy (non-hydrogen) atoms. The van der Waals surface area contributed by atoms with Crippen molar-refractivity contribution in [3.63, 3.8) is 0 Å². The summed E-state index contributed by atoms with van der Waals surface area (Å²) in [5.41, 5.74) is 5.78. The number of carbonyl (C=O) groups is 1. The molecule has 4 aromatic rings. The number of rotatable bonds is 3. The highest BCUT2D eigenvalue weighted by molar-refractivity contribution is 5.84. The Morgan fingerprint density at radius 2 is 1.92 bits per heavy atom. The van der Waals surface area contributed by atoms with Gasteiger partial charge in [-0.25, -0.2) is 14.2 Å². The maximum Gasteiger partial charge on any atom is 0.318 e. The number of hydrogen-bond acceptors (Lipinski definition) is 3. The average molecular weight is 485 g/mol. The minimum atomic E-state index is -0.382. The number of aromatic amines is 1. The van der Waals surface area contributed by atoms with Crippen LogP contribution in [0.1, 0.15) is 48.9 Å². The molecule has 2 aliphatic heterocycles. The number of pyridine rings is 1. The Balaban J connectivity index is 1.12. The second kappa shape index (κ2) is 7.66. The van der Waals surface area contributed by atoms with Crippen molar-refractivity contribution in [2.45, 2.75) is 56.5 Å². The second-order valence-electron chi connectivity index (χ2n) is 10.8. The molecule has 1 saturated heterocycles. The van der Waals surface area contributed by atoms with E-state index < -0.39 is 0 Å². The molecule has 1 spiro atoms. The highest BCUT2D eigenvalue weighted by atomic mass is 19.1. The van der Waals surface area contributed by atoms with Crippen molar-refractivity contribution in [2.75, 3.05) is 13.1 Å². The van der Waals surface area contributed by atoms with Crippen LogP contribution in [-0.4, -0.2) is 43.8 Å². The number of amides is 2. The van der Waals surface area contributed by atoms with Gasteiger partial charge in [0.1, 0.15) is 11.5 Å². The average Bonchev–Trinajstić information content (AvgIpc) is 3.63. The molecule has 3 aromatic heterocycles. The van der Waals surface area contributed by atoms with Gasteiger partial charge < -0.3 is 15.2 Å². The number of aryl methyl sites for hydroxylation is 2. The van der Waals surface area contributed by atoms with Crippen LogP contribution in [0.2, 0.25) is 0 Å². The SMILES string of the molecule is Cc1c[nH]c2ncc(-c3cc4n(n3)CCC43CCN(C(=O)NC4(c5ccc(F)cc5)CCC4)C3)cc12. The summed E-state index contributed by atoms with van der Waals surface area (Å²) in [6, 6.07) is 10.9. The van der Waals surface area contributed by atoms with Crippen LogP contribution in [0.25, 0.3) is 22.3 Å². The van der Waals surface area contributed by atoms with E-state index in [1.807, 2.05) is 17.3 Å². The molecule has 2 N–H and O–H groups in total. The first kappa shape index (κ1) is 21.6. The molecule has 2 fully saturated rings. The number of carbonyl (C=O) groups excluding carboxylic acids is 1. The maximum atomic E-state index is 13.5. The van der Waals surface area contributed by atoms with Crippen LogP contribution in [0, 0.1) is 12.7 Å². The van der Waals surface area contributed by atoms with E-state index in [1.165, 1.54) is 23.4 Å². The van der Waals surface area contributed by atoms with Crippen LogP contribution < -0.4 is 5.32 Å². The first-order valence-electron chi connectivity index (χ1n) is 12.8. The Bertz CT molecular complexity index is 1480. The van der Waals surface area contributed by atoms with Crippen LogP contribution >= 0.6 is 0 Å². The lowest BCUT2D eigenvalue weighted by Crippen LogP contribution is -2.54. The summed E-state index contributed by atoms with van der Waals surface area (Å²) >= 11 is 0. The van der Waals surface area contributed by atoms with Crippen LogP contribution in [0.15, 0.2) is 48.8 Å². The number of fused-ring (bicyclic) bond motifs is 3. The zero-order valence-electron chi connectivity index (χ0n) is 20.4. The van der Waals surface area contributed by atoms with Gasteiger partial charge >= 0.3 is 6.03 Å². The largest absolute Gasteiger partial charge is 0.346 e. The van der Waals surface area contributed by atoms with Gasteiger partial charge in [0, 0.05) is 54.1 Å². The third-order valence-corrected chi connectivity index (χ3v) is 8.75. The Labute approximate surface area is 208 Å². The number of benzene rings is 1. The number of urea groups is 1. The molecule has 1 saturated carbocycles. The number of aromatic nitrogens is 4. The number of nitrogens with zero attached hydrogens (tertiary/aromatic N) is 4. The summed E-state index contributed by atoms with van der Waals surface area (Å²) in [5, 5.41) is 9.35. The zero-order chi connectivity index (χ0) is 24.5. The van der Waals surface area contributed by atoms with Gasteiger partial charge in [-0.2, -0.15) is 5.10 Å². The molecule has 1 aromatic carbocycles. The maximum absolute atomic E-state index is 13.5. The molecule has 0 bridgehead atoms. The molecule has 7 nitrogen and oxygen atoms in total. The van der Waals surface area contributed by atoms with Gasteiger partial charge in [-0.3, -0.25) is 4.68 Å². The van der Waals surface area contributed by atoms with Gasteiger partial charge in [-0.05, 0) is 74.4 Å². The number of H-pyrrole nitrogens is 1. The van der Waals surface area contributed by atoms with Gasteiger partial charge in [0.15, 0.2) is 0 Å². The van der Waals surface area contributed by atoms with Crippen molar-refractivity contribution in [2.24, 2.45) is 0 Å². The van der Waals surface area contributed by atoms with E-state index in [0.717, 1.165) is 73.0 Å². The third-order valence-electron chi connectivity index (χ3n) is 8.75. The van der Waals surface area contributed by atoms with Crippen molar-refractivity contribution in [3.05, 3.63) is 71.4 Å². The summed E-state index contributed by atoms with van der Waals surface area (Å²) in [5.74, 6) is -0.253. The second-order valence-corrected chi connectivity index (χ2v) is 10.8. The van der Waals surface area contributed by atoms with Crippen LogP contribution in [-0.2, 0) is 17.5 Å². The highest BCUT2D eigenvalue weighted by Gasteiger charge is 2.48. The molecule has 8 heteroatoms. The van der Waals surface area contributed by atoms with Gasteiger partial charge in [0.05, 0.1) is 11.2 Å². The molecule has 2 amide bonds. The number of hydrogen-bond donors (Lipinski definition) is 2. The summed E-state index contributed by atoms with van der Waals surface area (Å²) in [4.78, 5) is 23.1. The predicted molar refractivity (Wildman–Crippen MR) is 135 cm³/mol. The van der Waals surface area contributed by atoms with E-state index in [1.54, 1.807) is 12.1 Å². The lowest BCUT2D eigenvalue weighted by atomic mass is 9.72. The Morgan fingerprint density at radius 3 is 2.69 bits per heavy atom. The molecule has 3 aliphatic rings. The lowest BCUT2D eigenvalue weighted by Gasteiger charge is -2.44. The fourth-order valence-electron chi connectivity index (χ4n) is 6.41. The van der Waals surface area contributed by atoms with Gasteiger partial charge in [-0.1, -0.05) is 12.1 Å². The molecule has 5 heterocycles. The Morgan fingerprint density at radius 1 is 1.11 bits per heavy atom. The highest BCUT2D eigenvalue weighted by Crippen LogP contribution is 2.45. The molecule has 1 unspecified atom stereocenters. The van der Waals surface area contributed by atoms with Crippen molar-refractivity contribution in [3.8, 4) is 11.3 Å². The smallest absolute Gasteiger partial charge is 0.318 e. The topological polar surface area (TPSA) is 78.8 Å². The molecule has 1 aliphatic carbocycles. The zero-order valence-corrected chi connectivity index (χ0v) is 20.4. The van der Waals surface area contributed by atoms with Gasteiger partial charge in [-0.15, -0.1) is 0 Å². The van der Waals surface area contributed by atoms with Crippen LogP contribution in [0.3, 0.4) is 0 Å². The summed E-state index contributed by atoms with van der Waals surface area (Å²) in [7, 11) is 0. The monoisotopic (exact) mass is 484 g/mol. The van der Waals surface area contributed by atoms with Gasteiger partial charge in [0.25, 0.3) is 0 Å². The van der Waals surface area contributed by atoms with Crippen molar-refractivity contribution >= 4 is 17.1 Å².